The van der Waals surface area contributed by atoms with Crippen molar-refractivity contribution in [1.82, 2.24) is 9.97 Å². The predicted octanol–water partition coefficient (Wildman–Crippen LogP) is 5.44. The third-order valence-corrected chi connectivity index (χ3v) is 4.80. The number of rotatable bonds is 8. The molecular formula is C25H24N4O. The number of para-hydroxylation sites is 2. The van der Waals surface area contributed by atoms with Gasteiger partial charge in [0.25, 0.3) is 0 Å². The molecule has 1 aromatic heterocycles. The lowest BCUT2D eigenvalue weighted by atomic mass is 10.2. The van der Waals surface area contributed by atoms with Crippen LogP contribution in [0, 0.1) is 0 Å². The number of methoxy groups -OCH3 is 1. The van der Waals surface area contributed by atoms with Crippen LogP contribution in [0.5, 0.6) is 5.75 Å². The van der Waals surface area contributed by atoms with Gasteiger partial charge in [0.2, 0.25) is 5.95 Å². The van der Waals surface area contributed by atoms with Crippen molar-refractivity contribution in [2.24, 2.45) is 0 Å². The standard InChI is InChI=1S/C25H24N4O/c1-30-23-15-9-8-12-21(23)18-27-25-26-17-16-24(28-25)29(22-13-6-3-7-14-22)19-20-10-4-2-5-11-20/h2-17H,18-19H2,1H3,(H,26,27,28). The summed E-state index contributed by atoms with van der Waals surface area (Å²) in [6.45, 7) is 1.30. The highest BCUT2D eigenvalue weighted by atomic mass is 16.5. The fourth-order valence-electron chi connectivity index (χ4n) is 3.29. The zero-order valence-corrected chi connectivity index (χ0v) is 16.9. The fourth-order valence-corrected chi connectivity index (χ4v) is 3.29. The van der Waals surface area contributed by atoms with E-state index in [0.29, 0.717) is 19.0 Å². The zero-order valence-electron chi connectivity index (χ0n) is 16.9. The Morgan fingerprint density at radius 2 is 1.53 bits per heavy atom. The number of ether oxygens (including phenoxy) is 1. The monoisotopic (exact) mass is 396 g/mol. The van der Waals surface area contributed by atoms with E-state index in [2.05, 4.69) is 51.6 Å². The van der Waals surface area contributed by atoms with Crippen LogP contribution in [-0.4, -0.2) is 17.1 Å². The second-order valence-corrected chi connectivity index (χ2v) is 6.81. The minimum atomic E-state index is 0.576. The van der Waals surface area contributed by atoms with E-state index in [1.807, 2.05) is 54.6 Å². The van der Waals surface area contributed by atoms with Gasteiger partial charge in [0, 0.05) is 30.5 Å². The summed E-state index contributed by atoms with van der Waals surface area (Å²) in [5.74, 6) is 2.26. The van der Waals surface area contributed by atoms with Gasteiger partial charge in [-0.2, -0.15) is 4.98 Å². The Labute approximate surface area is 177 Å². The fraction of sp³-hybridized carbons (Fsp3) is 0.120. The Bertz CT molecular complexity index is 1070. The number of benzene rings is 3. The van der Waals surface area contributed by atoms with Gasteiger partial charge in [0.1, 0.15) is 11.6 Å². The smallest absolute Gasteiger partial charge is 0.224 e. The first-order valence-corrected chi connectivity index (χ1v) is 9.89. The Kier molecular flexibility index (Phi) is 6.20. The van der Waals surface area contributed by atoms with E-state index in [9.17, 15) is 0 Å². The molecule has 0 aliphatic heterocycles. The molecule has 4 aromatic rings. The van der Waals surface area contributed by atoms with Gasteiger partial charge in [-0.25, -0.2) is 4.98 Å². The van der Waals surface area contributed by atoms with Crippen molar-refractivity contribution in [3.8, 4) is 5.75 Å². The van der Waals surface area contributed by atoms with Crippen molar-refractivity contribution in [2.45, 2.75) is 13.1 Å². The third kappa shape index (κ3) is 4.75. The summed E-state index contributed by atoms with van der Waals surface area (Å²) in [5, 5.41) is 3.32. The van der Waals surface area contributed by atoms with Crippen LogP contribution in [0.4, 0.5) is 17.5 Å². The van der Waals surface area contributed by atoms with Gasteiger partial charge in [0.15, 0.2) is 0 Å². The number of hydrogen-bond donors (Lipinski definition) is 1. The molecule has 5 heteroatoms. The molecule has 0 saturated heterocycles. The molecule has 0 atom stereocenters. The topological polar surface area (TPSA) is 50.3 Å². The van der Waals surface area contributed by atoms with E-state index < -0.39 is 0 Å². The van der Waals surface area contributed by atoms with Gasteiger partial charge in [-0.15, -0.1) is 0 Å². The lowest BCUT2D eigenvalue weighted by Crippen LogP contribution is -2.18. The van der Waals surface area contributed by atoms with Crippen molar-refractivity contribution in [2.75, 3.05) is 17.3 Å². The molecule has 0 radical (unpaired) electrons. The Morgan fingerprint density at radius 1 is 0.833 bits per heavy atom. The van der Waals surface area contributed by atoms with Crippen molar-refractivity contribution in [1.29, 1.82) is 0 Å². The summed E-state index contributed by atoms with van der Waals surface area (Å²) < 4.78 is 5.43. The normalized spacial score (nSPS) is 10.4. The minimum Gasteiger partial charge on any atom is -0.496 e. The molecule has 1 heterocycles. The van der Waals surface area contributed by atoms with Gasteiger partial charge in [-0.1, -0.05) is 66.7 Å². The van der Waals surface area contributed by atoms with Gasteiger partial charge in [0.05, 0.1) is 7.11 Å². The van der Waals surface area contributed by atoms with Crippen LogP contribution in [0.3, 0.4) is 0 Å². The quantitative estimate of drug-likeness (QED) is 0.430. The van der Waals surface area contributed by atoms with Crippen molar-refractivity contribution >= 4 is 17.5 Å². The van der Waals surface area contributed by atoms with Crippen LogP contribution in [0.15, 0.2) is 97.2 Å². The molecule has 0 aliphatic rings. The molecule has 5 nitrogen and oxygen atoms in total. The molecule has 0 saturated carbocycles. The first-order valence-electron chi connectivity index (χ1n) is 9.89. The molecule has 0 unspecified atom stereocenters. The van der Waals surface area contributed by atoms with Gasteiger partial charge < -0.3 is 15.0 Å². The molecule has 4 rings (SSSR count). The molecule has 150 valence electrons. The number of hydrogen-bond acceptors (Lipinski definition) is 5. The summed E-state index contributed by atoms with van der Waals surface area (Å²) in [4.78, 5) is 11.4. The molecule has 0 fully saturated rings. The minimum absolute atomic E-state index is 0.576. The Morgan fingerprint density at radius 3 is 2.30 bits per heavy atom. The van der Waals surface area contributed by atoms with Gasteiger partial charge in [-0.05, 0) is 29.8 Å². The summed E-state index contributed by atoms with van der Waals surface area (Å²) >= 11 is 0. The highest BCUT2D eigenvalue weighted by Gasteiger charge is 2.13. The Hall–Kier alpha value is -3.86. The highest BCUT2D eigenvalue weighted by molar-refractivity contribution is 5.60. The molecule has 3 aromatic carbocycles. The summed E-state index contributed by atoms with van der Waals surface area (Å²) in [5.41, 5.74) is 3.34. The Balaban J connectivity index is 1.58. The van der Waals surface area contributed by atoms with Crippen LogP contribution >= 0.6 is 0 Å². The maximum absolute atomic E-state index is 5.43. The summed E-state index contributed by atoms with van der Waals surface area (Å²) in [6.07, 6.45) is 1.79. The number of aromatic nitrogens is 2. The maximum atomic E-state index is 5.43. The predicted molar refractivity (Wildman–Crippen MR) is 121 cm³/mol. The SMILES string of the molecule is COc1ccccc1CNc1nccc(N(Cc2ccccc2)c2ccccc2)n1. The van der Waals surface area contributed by atoms with Crippen molar-refractivity contribution in [3.63, 3.8) is 0 Å². The maximum Gasteiger partial charge on any atom is 0.224 e. The molecule has 0 bridgehead atoms. The third-order valence-electron chi connectivity index (χ3n) is 4.80. The van der Waals surface area contributed by atoms with E-state index in [1.54, 1.807) is 13.3 Å². The van der Waals surface area contributed by atoms with E-state index in [4.69, 9.17) is 9.72 Å². The zero-order chi connectivity index (χ0) is 20.6. The average Bonchev–Trinajstić information content (AvgIpc) is 2.83. The van der Waals surface area contributed by atoms with Gasteiger partial charge in [-0.3, -0.25) is 0 Å². The molecule has 1 N–H and O–H groups in total. The number of nitrogens with one attached hydrogen (secondary N) is 1. The first kappa shape index (κ1) is 19.5. The number of anilines is 3. The van der Waals surface area contributed by atoms with Crippen LogP contribution in [0.25, 0.3) is 0 Å². The second-order valence-electron chi connectivity index (χ2n) is 6.81. The molecule has 30 heavy (non-hydrogen) atoms. The largest absolute Gasteiger partial charge is 0.496 e. The van der Waals surface area contributed by atoms with E-state index in [0.717, 1.165) is 22.8 Å². The highest BCUT2D eigenvalue weighted by Crippen LogP contribution is 2.26. The molecule has 0 amide bonds. The van der Waals surface area contributed by atoms with E-state index in [1.165, 1.54) is 5.56 Å². The molecule has 0 aliphatic carbocycles. The van der Waals surface area contributed by atoms with Crippen LogP contribution < -0.4 is 15.0 Å². The molecular weight excluding hydrogens is 372 g/mol. The number of nitrogens with zero attached hydrogens (tertiary/aromatic N) is 3. The van der Waals surface area contributed by atoms with Crippen LogP contribution in [0.2, 0.25) is 0 Å². The van der Waals surface area contributed by atoms with Crippen LogP contribution in [-0.2, 0) is 13.1 Å². The average molecular weight is 396 g/mol. The lowest BCUT2D eigenvalue weighted by molar-refractivity contribution is 0.410. The first-order chi connectivity index (χ1) is 14.8. The second kappa shape index (κ2) is 9.56. The summed E-state index contributed by atoms with van der Waals surface area (Å²) in [7, 11) is 1.68. The lowest BCUT2D eigenvalue weighted by Gasteiger charge is -2.24. The van der Waals surface area contributed by atoms with E-state index >= 15 is 0 Å². The van der Waals surface area contributed by atoms with Crippen LogP contribution in [0.1, 0.15) is 11.1 Å². The van der Waals surface area contributed by atoms with E-state index in [-0.39, 0.29) is 0 Å². The van der Waals surface area contributed by atoms with Gasteiger partial charge >= 0.3 is 0 Å². The van der Waals surface area contributed by atoms with Crippen molar-refractivity contribution < 1.29 is 4.74 Å². The summed E-state index contributed by atoms with van der Waals surface area (Å²) in [6, 6.07) is 30.5. The van der Waals surface area contributed by atoms with Crippen molar-refractivity contribution in [3.05, 3.63) is 108 Å². The molecule has 0 spiro atoms.